The van der Waals surface area contributed by atoms with Gasteiger partial charge < -0.3 is 16.0 Å². The highest BCUT2D eigenvalue weighted by molar-refractivity contribution is 5.99. The van der Waals surface area contributed by atoms with Crippen molar-refractivity contribution >= 4 is 34.1 Å². The normalized spacial score (nSPS) is 14.6. The maximum atomic E-state index is 13.9. The van der Waals surface area contributed by atoms with Gasteiger partial charge in [0.1, 0.15) is 5.82 Å². The number of rotatable bonds is 5. The topological polar surface area (TPSA) is 104 Å². The highest BCUT2D eigenvalue weighted by Crippen LogP contribution is 2.35. The molecule has 9 nitrogen and oxygen atoms in total. The van der Waals surface area contributed by atoms with Gasteiger partial charge in [0, 0.05) is 68.7 Å². The largest absolute Gasteiger partial charge is 0.416 e. The van der Waals surface area contributed by atoms with Gasteiger partial charge >= 0.3 is 12.2 Å². The number of amides is 2. The van der Waals surface area contributed by atoms with Crippen LogP contribution >= 0.6 is 0 Å². The van der Waals surface area contributed by atoms with Crippen molar-refractivity contribution in [3.05, 3.63) is 65.9 Å². The van der Waals surface area contributed by atoms with Crippen molar-refractivity contribution in [2.75, 3.05) is 49.6 Å². The van der Waals surface area contributed by atoms with E-state index >= 15 is 0 Å². The number of fused-ring (bicyclic) bond motifs is 1. The standard InChI is InChI=1S/C27H29F3N8O.CH4/c1-36-7-9-38(10-8-36)16-19-5-6-21(13-22(19)27(28,29)30)33-26(39)34-25-14-23(37(2)35-25)18-4-3-17-12-24(31)32-15-20(17)11-18;/h3-6,11-15H,7-10,16H2,1-2H3,(H2,31,32)(H2,33,34,35,39);1H4. The third-order valence-electron chi connectivity index (χ3n) is 6.82. The van der Waals surface area contributed by atoms with Gasteiger partial charge in [0.15, 0.2) is 5.82 Å². The van der Waals surface area contributed by atoms with Gasteiger partial charge in [-0.05, 0) is 42.3 Å². The number of carbonyl (C=O) groups is 1. The second-order valence-corrected chi connectivity index (χ2v) is 9.74. The summed E-state index contributed by atoms with van der Waals surface area (Å²) in [5.74, 6) is 0.684. The quantitative estimate of drug-likeness (QED) is 0.311. The first-order chi connectivity index (χ1) is 18.5. The Balaban J connectivity index is 0.00000370. The number of hydrogen-bond acceptors (Lipinski definition) is 6. The molecule has 4 N–H and O–H groups in total. The molecule has 5 rings (SSSR count). The number of aryl methyl sites for hydroxylation is 1. The van der Waals surface area contributed by atoms with E-state index in [1.54, 1.807) is 30.1 Å². The molecule has 4 aromatic rings. The van der Waals surface area contributed by atoms with Crippen molar-refractivity contribution in [1.29, 1.82) is 0 Å². The number of hydrogen-bond donors (Lipinski definition) is 3. The number of nitrogens with one attached hydrogen (secondary N) is 2. The fourth-order valence-electron chi connectivity index (χ4n) is 4.70. The molecule has 2 aromatic heterocycles. The van der Waals surface area contributed by atoms with E-state index in [0.29, 0.717) is 18.9 Å². The van der Waals surface area contributed by atoms with Crippen LogP contribution in [0.1, 0.15) is 18.6 Å². The molecule has 212 valence electrons. The van der Waals surface area contributed by atoms with E-state index in [4.69, 9.17) is 5.73 Å². The molecule has 0 unspecified atom stereocenters. The highest BCUT2D eigenvalue weighted by atomic mass is 19.4. The molecule has 0 radical (unpaired) electrons. The first-order valence-corrected chi connectivity index (χ1v) is 12.4. The Kier molecular flexibility index (Phi) is 8.31. The summed E-state index contributed by atoms with van der Waals surface area (Å²) in [6.45, 7) is 3.22. The lowest BCUT2D eigenvalue weighted by molar-refractivity contribution is -0.138. The van der Waals surface area contributed by atoms with Gasteiger partial charge in [-0.2, -0.15) is 18.3 Å². The average molecular weight is 555 g/mol. The Morgan fingerprint density at radius 3 is 2.45 bits per heavy atom. The monoisotopic (exact) mass is 554 g/mol. The van der Waals surface area contributed by atoms with Crippen molar-refractivity contribution in [2.24, 2.45) is 7.05 Å². The number of halogens is 3. The molecular weight excluding hydrogens is 521 g/mol. The zero-order valence-electron chi connectivity index (χ0n) is 21.6. The van der Waals surface area contributed by atoms with Crippen LogP contribution in [0.4, 0.5) is 35.3 Å². The molecule has 1 aliphatic heterocycles. The predicted molar refractivity (Wildman–Crippen MR) is 152 cm³/mol. The van der Waals surface area contributed by atoms with E-state index in [2.05, 4.69) is 25.6 Å². The van der Waals surface area contributed by atoms with E-state index in [-0.39, 0.29) is 31.0 Å². The van der Waals surface area contributed by atoms with Gasteiger partial charge in [0.25, 0.3) is 0 Å². The molecule has 0 bridgehead atoms. The summed E-state index contributed by atoms with van der Waals surface area (Å²) in [5, 5.41) is 11.3. The number of anilines is 3. The van der Waals surface area contributed by atoms with Gasteiger partial charge in [-0.3, -0.25) is 14.9 Å². The molecule has 2 aromatic carbocycles. The minimum Gasteiger partial charge on any atom is -0.384 e. The summed E-state index contributed by atoms with van der Waals surface area (Å²) < 4.78 is 43.2. The van der Waals surface area contributed by atoms with Crippen LogP contribution in [0.2, 0.25) is 0 Å². The van der Waals surface area contributed by atoms with E-state index in [1.165, 1.54) is 12.1 Å². The Morgan fingerprint density at radius 1 is 0.975 bits per heavy atom. The number of pyridine rings is 1. The molecule has 0 atom stereocenters. The summed E-state index contributed by atoms with van der Waals surface area (Å²) in [7, 11) is 3.73. The number of nitrogens with zero attached hydrogens (tertiary/aromatic N) is 5. The van der Waals surface area contributed by atoms with Gasteiger partial charge in [-0.1, -0.05) is 25.6 Å². The minimum atomic E-state index is -4.55. The Hall–Kier alpha value is -4.16. The Labute approximate surface area is 230 Å². The van der Waals surface area contributed by atoms with E-state index in [1.807, 2.05) is 30.1 Å². The number of urea groups is 1. The predicted octanol–water partition coefficient (Wildman–Crippen LogP) is 5.26. The average Bonchev–Trinajstić information content (AvgIpc) is 3.24. The molecule has 2 amide bonds. The van der Waals surface area contributed by atoms with Crippen molar-refractivity contribution in [3.8, 4) is 11.3 Å². The highest BCUT2D eigenvalue weighted by Gasteiger charge is 2.34. The van der Waals surface area contributed by atoms with Crippen LogP contribution in [-0.4, -0.2) is 63.8 Å². The van der Waals surface area contributed by atoms with Crippen molar-refractivity contribution < 1.29 is 18.0 Å². The third kappa shape index (κ3) is 6.52. The smallest absolute Gasteiger partial charge is 0.384 e. The van der Waals surface area contributed by atoms with E-state index in [9.17, 15) is 18.0 Å². The van der Waals surface area contributed by atoms with E-state index in [0.717, 1.165) is 41.2 Å². The molecule has 0 spiro atoms. The molecule has 1 saturated heterocycles. The number of piperazine rings is 1. The molecule has 1 aliphatic rings. The lowest BCUT2D eigenvalue weighted by Gasteiger charge is -2.33. The van der Waals surface area contributed by atoms with Crippen LogP contribution in [0.25, 0.3) is 22.0 Å². The van der Waals surface area contributed by atoms with Gasteiger partial charge in [0.2, 0.25) is 0 Å². The maximum absolute atomic E-state index is 13.9. The van der Waals surface area contributed by atoms with Crippen molar-refractivity contribution in [3.63, 3.8) is 0 Å². The second kappa shape index (κ2) is 11.5. The number of nitrogen functional groups attached to an aromatic ring is 1. The molecule has 3 heterocycles. The van der Waals surface area contributed by atoms with E-state index < -0.39 is 17.8 Å². The first kappa shape index (κ1) is 28.8. The molecule has 12 heteroatoms. The summed E-state index contributed by atoms with van der Waals surface area (Å²) >= 11 is 0. The fraction of sp³-hybridized carbons (Fsp3) is 0.321. The minimum absolute atomic E-state index is 0. The number of carbonyl (C=O) groups excluding carboxylic acids is 1. The summed E-state index contributed by atoms with van der Waals surface area (Å²) in [4.78, 5) is 20.9. The molecule has 40 heavy (non-hydrogen) atoms. The third-order valence-corrected chi connectivity index (χ3v) is 6.82. The maximum Gasteiger partial charge on any atom is 0.416 e. The summed E-state index contributed by atoms with van der Waals surface area (Å²) in [5.41, 5.74) is 6.80. The van der Waals surface area contributed by atoms with Crippen LogP contribution in [0.15, 0.2) is 54.7 Å². The van der Waals surface area contributed by atoms with Gasteiger partial charge in [-0.25, -0.2) is 9.78 Å². The van der Waals surface area contributed by atoms with Crippen LogP contribution in [-0.2, 0) is 19.8 Å². The van der Waals surface area contributed by atoms with Crippen LogP contribution in [0.5, 0.6) is 0 Å². The lowest BCUT2D eigenvalue weighted by Crippen LogP contribution is -2.44. The Bertz CT molecular complexity index is 1510. The number of likely N-dealkylation sites (N-methyl/N-ethyl adjacent to an activating group) is 1. The molecule has 0 aliphatic carbocycles. The first-order valence-electron chi connectivity index (χ1n) is 12.4. The van der Waals surface area contributed by atoms with Crippen LogP contribution in [0, 0.1) is 0 Å². The summed E-state index contributed by atoms with van der Waals surface area (Å²) in [6, 6.07) is 12.4. The number of aromatic nitrogens is 3. The molecule has 0 saturated carbocycles. The van der Waals surface area contributed by atoms with Crippen molar-refractivity contribution in [1.82, 2.24) is 24.6 Å². The second-order valence-electron chi connectivity index (χ2n) is 9.74. The Morgan fingerprint density at radius 2 is 1.73 bits per heavy atom. The number of alkyl halides is 3. The zero-order chi connectivity index (χ0) is 27.7. The van der Waals surface area contributed by atoms with Crippen LogP contribution in [0.3, 0.4) is 0 Å². The zero-order valence-corrected chi connectivity index (χ0v) is 21.6. The van der Waals surface area contributed by atoms with Crippen molar-refractivity contribution in [2.45, 2.75) is 20.1 Å². The summed E-state index contributed by atoms with van der Waals surface area (Å²) in [6.07, 6.45) is -2.87. The number of benzene rings is 2. The molecular formula is C28H33F3N8O. The lowest BCUT2D eigenvalue weighted by atomic mass is 10.0. The fourth-order valence-corrected chi connectivity index (χ4v) is 4.70. The SMILES string of the molecule is C.CN1CCN(Cc2ccc(NC(=O)Nc3cc(-c4ccc5cc(N)ncc5c4)n(C)n3)cc2C(F)(F)F)CC1. The molecule has 1 fully saturated rings. The van der Waals surface area contributed by atoms with Crippen LogP contribution < -0.4 is 16.4 Å². The van der Waals surface area contributed by atoms with Gasteiger partial charge in [0.05, 0.1) is 11.3 Å². The van der Waals surface area contributed by atoms with Gasteiger partial charge in [-0.15, -0.1) is 0 Å². The number of nitrogens with two attached hydrogens (primary N) is 1.